The Morgan fingerprint density at radius 2 is 1.85 bits per heavy atom. The van der Waals surface area contributed by atoms with Crippen LogP contribution in [0, 0.1) is 12.7 Å². The number of carbonyl (C=O) groups excluding carboxylic acids is 1. The summed E-state index contributed by atoms with van der Waals surface area (Å²) in [7, 11) is 0. The van der Waals surface area contributed by atoms with E-state index in [9.17, 15) is 9.18 Å². The molecular formula is C16H17FN2O. The van der Waals surface area contributed by atoms with Gasteiger partial charge in [0.1, 0.15) is 5.82 Å². The first-order valence-corrected chi connectivity index (χ1v) is 6.41. The van der Waals surface area contributed by atoms with Gasteiger partial charge in [-0.2, -0.15) is 0 Å². The SMILES string of the molecule is CC(=O)Nc1ccc(CNc2ccc(F)cc2C)cc1. The molecular weight excluding hydrogens is 255 g/mol. The van der Waals surface area contributed by atoms with Crippen LogP contribution < -0.4 is 10.6 Å². The Hall–Kier alpha value is -2.36. The van der Waals surface area contributed by atoms with Crippen molar-refractivity contribution >= 4 is 17.3 Å². The third-order valence-electron chi connectivity index (χ3n) is 2.95. The van der Waals surface area contributed by atoms with Gasteiger partial charge in [-0.25, -0.2) is 4.39 Å². The molecule has 0 unspecified atom stereocenters. The maximum atomic E-state index is 13.0. The van der Waals surface area contributed by atoms with Gasteiger partial charge in [-0.1, -0.05) is 12.1 Å². The molecule has 0 aliphatic rings. The molecule has 0 radical (unpaired) electrons. The summed E-state index contributed by atoms with van der Waals surface area (Å²) in [5.74, 6) is -0.314. The molecule has 104 valence electrons. The normalized spacial score (nSPS) is 10.2. The average Bonchev–Trinajstić information content (AvgIpc) is 2.39. The molecule has 0 heterocycles. The number of anilines is 2. The van der Waals surface area contributed by atoms with E-state index in [0.717, 1.165) is 22.5 Å². The van der Waals surface area contributed by atoms with Crippen LogP contribution in [0.15, 0.2) is 42.5 Å². The Morgan fingerprint density at radius 3 is 2.45 bits per heavy atom. The van der Waals surface area contributed by atoms with Crippen molar-refractivity contribution < 1.29 is 9.18 Å². The second kappa shape index (κ2) is 6.19. The van der Waals surface area contributed by atoms with Crippen LogP contribution in [0.1, 0.15) is 18.1 Å². The number of benzene rings is 2. The fourth-order valence-corrected chi connectivity index (χ4v) is 1.93. The Labute approximate surface area is 117 Å². The molecule has 0 aliphatic heterocycles. The van der Waals surface area contributed by atoms with E-state index in [-0.39, 0.29) is 11.7 Å². The number of amides is 1. The highest BCUT2D eigenvalue weighted by Crippen LogP contribution is 2.17. The molecule has 4 heteroatoms. The lowest BCUT2D eigenvalue weighted by atomic mass is 10.1. The van der Waals surface area contributed by atoms with Crippen molar-refractivity contribution in [3.05, 3.63) is 59.4 Å². The van der Waals surface area contributed by atoms with Crippen molar-refractivity contribution in [3.63, 3.8) is 0 Å². The van der Waals surface area contributed by atoms with Crippen molar-refractivity contribution in [2.45, 2.75) is 20.4 Å². The maximum Gasteiger partial charge on any atom is 0.221 e. The third-order valence-corrected chi connectivity index (χ3v) is 2.95. The van der Waals surface area contributed by atoms with Gasteiger partial charge in [-0.15, -0.1) is 0 Å². The van der Waals surface area contributed by atoms with Crippen molar-refractivity contribution in [3.8, 4) is 0 Å². The lowest BCUT2D eigenvalue weighted by molar-refractivity contribution is -0.114. The largest absolute Gasteiger partial charge is 0.381 e. The molecule has 2 aromatic carbocycles. The van der Waals surface area contributed by atoms with Gasteiger partial charge in [0.25, 0.3) is 0 Å². The van der Waals surface area contributed by atoms with Crippen LogP contribution in [0.5, 0.6) is 0 Å². The Balaban J connectivity index is 1.98. The quantitative estimate of drug-likeness (QED) is 0.891. The van der Waals surface area contributed by atoms with Gasteiger partial charge >= 0.3 is 0 Å². The van der Waals surface area contributed by atoms with Crippen LogP contribution in [0.4, 0.5) is 15.8 Å². The maximum absolute atomic E-state index is 13.0. The van der Waals surface area contributed by atoms with Crippen LogP contribution in [-0.4, -0.2) is 5.91 Å². The third kappa shape index (κ3) is 3.82. The second-order valence-electron chi connectivity index (χ2n) is 4.69. The fourth-order valence-electron chi connectivity index (χ4n) is 1.93. The van der Waals surface area contributed by atoms with Gasteiger partial charge in [-0.3, -0.25) is 4.79 Å². The zero-order valence-corrected chi connectivity index (χ0v) is 11.5. The van der Waals surface area contributed by atoms with E-state index < -0.39 is 0 Å². The van der Waals surface area contributed by atoms with Crippen molar-refractivity contribution in [1.29, 1.82) is 0 Å². The fraction of sp³-hybridized carbons (Fsp3) is 0.188. The molecule has 20 heavy (non-hydrogen) atoms. The van der Waals surface area contributed by atoms with Crippen LogP contribution >= 0.6 is 0 Å². The molecule has 0 fully saturated rings. The zero-order chi connectivity index (χ0) is 14.5. The second-order valence-corrected chi connectivity index (χ2v) is 4.69. The van der Waals surface area contributed by atoms with Gasteiger partial charge in [0, 0.05) is 24.8 Å². The van der Waals surface area contributed by atoms with Crippen molar-refractivity contribution in [2.24, 2.45) is 0 Å². The topological polar surface area (TPSA) is 41.1 Å². The Kier molecular flexibility index (Phi) is 4.35. The van der Waals surface area contributed by atoms with Crippen molar-refractivity contribution in [1.82, 2.24) is 0 Å². The van der Waals surface area contributed by atoms with Crippen LogP contribution in [0.25, 0.3) is 0 Å². The minimum atomic E-state index is -0.229. The van der Waals surface area contributed by atoms with E-state index in [0.29, 0.717) is 6.54 Å². The lowest BCUT2D eigenvalue weighted by Crippen LogP contribution is -2.06. The average molecular weight is 272 g/mol. The number of hydrogen-bond donors (Lipinski definition) is 2. The smallest absolute Gasteiger partial charge is 0.221 e. The first kappa shape index (κ1) is 14.1. The molecule has 2 aromatic rings. The summed E-state index contributed by atoms with van der Waals surface area (Å²) in [6, 6.07) is 12.3. The van der Waals surface area contributed by atoms with E-state index in [4.69, 9.17) is 0 Å². The summed E-state index contributed by atoms with van der Waals surface area (Å²) in [5.41, 5.74) is 3.65. The molecule has 0 saturated heterocycles. The molecule has 2 N–H and O–H groups in total. The summed E-state index contributed by atoms with van der Waals surface area (Å²) < 4.78 is 13.0. The first-order valence-electron chi connectivity index (χ1n) is 6.41. The molecule has 3 nitrogen and oxygen atoms in total. The summed E-state index contributed by atoms with van der Waals surface area (Å²) in [4.78, 5) is 10.9. The standard InChI is InChI=1S/C16H17FN2O/c1-11-9-14(17)5-8-16(11)18-10-13-3-6-15(7-4-13)19-12(2)20/h3-9,18H,10H2,1-2H3,(H,19,20). The van der Waals surface area contributed by atoms with Gasteiger partial charge in [0.2, 0.25) is 5.91 Å². The molecule has 2 rings (SSSR count). The Bertz CT molecular complexity index is 608. The van der Waals surface area contributed by atoms with Gasteiger partial charge in [0.05, 0.1) is 0 Å². The summed E-state index contributed by atoms with van der Waals surface area (Å²) >= 11 is 0. The Morgan fingerprint density at radius 1 is 1.15 bits per heavy atom. The van der Waals surface area contributed by atoms with E-state index in [1.54, 1.807) is 6.07 Å². The highest BCUT2D eigenvalue weighted by molar-refractivity contribution is 5.88. The van der Waals surface area contributed by atoms with E-state index in [2.05, 4.69) is 10.6 Å². The van der Waals surface area contributed by atoms with E-state index >= 15 is 0 Å². The zero-order valence-electron chi connectivity index (χ0n) is 11.5. The predicted molar refractivity (Wildman–Crippen MR) is 79.2 cm³/mol. The summed E-state index contributed by atoms with van der Waals surface area (Å²) in [6.07, 6.45) is 0. The number of rotatable bonds is 4. The summed E-state index contributed by atoms with van der Waals surface area (Å²) in [6.45, 7) is 3.99. The van der Waals surface area contributed by atoms with Crippen LogP contribution in [-0.2, 0) is 11.3 Å². The van der Waals surface area contributed by atoms with Crippen molar-refractivity contribution in [2.75, 3.05) is 10.6 Å². The lowest BCUT2D eigenvalue weighted by Gasteiger charge is -2.10. The number of nitrogens with one attached hydrogen (secondary N) is 2. The first-order chi connectivity index (χ1) is 9.54. The van der Waals surface area contributed by atoms with E-state index in [1.165, 1.54) is 19.1 Å². The number of carbonyl (C=O) groups is 1. The summed E-state index contributed by atoms with van der Waals surface area (Å²) in [5, 5.41) is 5.98. The molecule has 0 bridgehead atoms. The van der Waals surface area contributed by atoms with Gasteiger partial charge in [0.15, 0.2) is 0 Å². The predicted octanol–water partition coefficient (Wildman–Crippen LogP) is 3.70. The monoisotopic (exact) mass is 272 g/mol. The van der Waals surface area contributed by atoms with E-state index in [1.807, 2.05) is 31.2 Å². The molecule has 0 saturated carbocycles. The highest BCUT2D eigenvalue weighted by atomic mass is 19.1. The molecule has 0 aromatic heterocycles. The molecule has 1 amide bonds. The molecule has 0 atom stereocenters. The number of hydrogen-bond acceptors (Lipinski definition) is 2. The van der Waals surface area contributed by atoms with Gasteiger partial charge in [-0.05, 0) is 48.4 Å². The minimum absolute atomic E-state index is 0.0854. The minimum Gasteiger partial charge on any atom is -0.381 e. The highest BCUT2D eigenvalue weighted by Gasteiger charge is 2.00. The van der Waals surface area contributed by atoms with Crippen LogP contribution in [0.2, 0.25) is 0 Å². The van der Waals surface area contributed by atoms with Gasteiger partial charge < -0.3 is 10.6 Å². The van der Waals surface area contributed by atoms with Crippen LogP contribution in [0.3, 0.4) is 0 Å². The molecule has 0 aliphatic carbocycles. The number of halogens is 1. The number of aryl methyl sites for hydroxylation is 1. The molecule has 0 spiro atoms.